The van der Waals surface area contributed by atoms with Crippen LogP contribution < -0.4 is 0 Å². The van der Waals surface area contributed by atoms with Gasteiger partial charge in [0.2, 0.25) is 0 Å². The molecule has 0 aliphatic heterocycles. The average Bonchev–Trinajstić information content (AvgIpc) is 3.07. The Morgan fingerprint density at radius 3 is 2.37 bits per heavy atom. The second-order valence-corrected chi connectivity index (χ2v) is 13.2. The van der Waals surface area contributed by atoms with Crippen LogP contribution in [-0.4, -0.2) is 72.5 Å². The van der Waals surface area contributed by atoms with Gasteiger partial charge in [0, 0.05) is 17.9 Å². The van der Waals surface area contributed by atoms with Crippen LogP contribution in [0.4, 0.5) is 0 Å². The van der Waals surface area contributed by atoms with E-state index >= 15 is 0 Å². The first-order valence-corrected chi connectivity index (χ1v) is 13.5. The van der Waals surface area contributed by atoms with Crippen molar-refractivity contribution in [3.8, 4) is 0 Å². The fourth-order valence-corrected chi connectivity index (χ4v) is 8.54. The van der Waals surface area contributed by atoms with E-state index in [2.05, 4.69) is 0 Å². The van der Waals surface area contributed by atoms with Gasteiger partial charge in [-0.25, -0.2) is 0 Å². The maximum absolute atomic E-state index is 13.3. The lowest BCUT2D eigenvalue weighted by molar-refractivity contribution is -0.177. The molecule has 200 valence electrons. The first-order valence-electron chi connectivity index (χ1n) is 13.5. The Balaban J connectivity index is 1.66. The van der Waals surface area contributed by atoms with Gasteiger partial charge in [-0.05, 0) is 92.6 Å². The van der Waals surface area contributed by atoms with Crippen LogP contribution in [0.15, 0.2) is 11.6 Å². The SMILES string of the molecule is CC(CO)C(C)CC(O)C(C)(O)[C@H]1CC[C@@]2(O)C3=CC(=O)[C@@H]4C[C@@H](O)[C@@H](O)C[C@]4(C)C3CC[C@]12C. The number of ketones is 1. The molecule has 0 aromatic rings. The molecule has 4 aliphatic rings. The number of rotatable bonds is 6. The summed E-state index contributed by atoms with van der Waals surface area (Å²) in [6.45, 7) is 9.57. The quantitative estimate of drug-likeness (QED) is 0.332. The van der Waals surface area contributed by atoms with E-state index in [0.717, 1.165) is 0 Å². The van der Waals surface area contributed by atoms with E-state index < -0.39 is 40.3 Å². The van der Waals surface area contributed by atoms with E-state index in [1.807, 2.05) is 27.7 Å². The van der Waals surface area contributed by atoms with Gasteiger partial charge in [0.25, 0.3) is 0 Å². The van der Waals surface area contributed by atoms with Gasteiger partial charge in [0.1, 0.15) is 0 Å². The number of allylic oxidation sites excluding steroid dienone is 1. The minimum atomic E-state index is -1.44. The molecule has 0 heterocycles. The molecule has 0 bridgehead atoms. The van der Waals surface area contributed by atoms with Crippen molar-refractivity contribution in [2.75, 3.05) is 6.61 Å². The molecule has 4 rings (SSSR count). The molecule has 3 fully saturated rings. The average molecular weight is 495 g/mol. The van der Waals surface area contributed by atoms with E-state index in [1.165, 1.54) is 0 Å². The lowest BCUT2D eigenvalue weighted by Crippen LogP contribution is -2.63. The summed E-state index contributed by atoms with van der Waals surface area (Å²) in [5.41, 5.74) is -3.26. The molecule has 0 spiro atoms. The van der Waals surface area contributed by atoms with Crippen molar-refractivity contribution in [2.45, 2.75) is 109 Å². The number of hydrogen-bond donors (Lipinski definition) is 6. The van der Waals surface area contributed by atoms with Crippen molar-refractivity contribution in [3.05, 3.63) is 11.6 Å². The van der Waals surface area contributed by atoms with Crippen LogP contribution in [0.1, 0.15) is 79.6 Å². The topological polar surface area (TPSA) is 138 Å². The van der Waals surface area contributed by atoms with Crippen molar-refractivity contribution < 1.29 is 35.4 Å². The molecular formula is C28H46O7. The normalized spacial score (nSPS) is 47.6. The zero-order valence-corrected chi connectivity index (χ0v) is 21.9. The molecular weight excluding hydrogens is 448 g/mol. The molecule has 7 nitrogen and oxygen atoms in total. The van der Waals surface area contributed by atoms with Crippen LogP contribution in [0.25, 0.3) is 0 Å². The maximum atomic E-state index is 13.3. The van der Waals surface area contributed by atoms with Crippen LogP contribution in [0, 0.1) is 40.4 Å². The minimum absolute atomic E-state index is 0.00319. The molecule has 0 radical (unpaired) electrons. The number of carbonyl (C=O) groups excluding carboxylic acids is 1. The molecule has 5 unspecified atom stereocenters. The molecule has 0 amide bonds. The lowest BCUT2D eigenvalue weighted by Gasteiger charge is -2.60. The van der Waals surface area contributed by atoms with E-state index in [4.69, 9.17) is 0 Å². The summed E-state index contributed by atoms with van der Waals surface area (Å²) in [5.74, 6) is -0.890. The number of fused-ring (bicyclic) bond motifs is 5. The molecule has 3 saturated carbocycles. The number of aliphatic hydroxyl groups excluding tert-OH is 4. The Morgan fingerprint density at radius 2 is 1.74 bits per heavy atom. The number of aliphatic hydroxyl groups is 6. The maximum Gasteiger partial charge on any atom is 0.159 e. The standard InChI is InChI=1S/C28H46O7/c1-15(16(2)14-29)10-24(33)27(5,34)23-7-9-28(35)18-11-20(30)19-12-21(31)22(32)13-25(19,3)17(18)6-8-26(23,28)4/h11,15-17,19,21-24,29,31-35H,6-10,12-14H2,1-5H3/t15?,16?,17?,19-,21+,22-,23-,24?,25+,26+,27?,28+/m0/s1. The Bertz CT molecular complexity index is 869. The van der Waals surface area contributed by atoms with Crippen LogP contribution in [0.2, 0.25) is 0 Å². The highest BCUT2D eigenvalue weighted by atomic mass is 16.3. The van der Waals surface area contributed by atoms with Crippen LogP contribution in [-0.2, 0) is 4.79 Å². The highest BCUT2D eigenvalue weighted by molar-refractivity contribution is 5.95. The Labute approximate surface area is 209 Å². The summed E-state index contributed by atoms with van der Waals surface area (Å²) < 4.78 is 0. The van der Waals surface area contributed by atoms with Crippen molar-refractivity contribution in [3.63, 3.8) is 0 Å². The molecule has 4 aliphatic carbocycles. The first-order chi connectivity index (χ1) is 16.1. The van der Waals surface area contributed by atoms with Crippen LogP contribution in [0.5, 0.6) is 0 Å². The van der Waals surface area contributed by atoms with Gasteiger partial charge in [-0.15, -0.1) is 0 Å². The van der Waals surface area contributed by atoms with E-state index in [0.29, 0.717) is 44.1 Å². The zero-order valence-electron chi connectivity index (χ0n) is 21.9. The van der Waals surface area contributed by atoms with Crippen molar-refractivity contribution in [1.29, 1.82) is 0 Å². The molecule has 0 aromatic heterocycles. The monoisotopic (exact) mass is 494 g/mol. The van der Waals surface area contributed by atoms with E-state index in [1.54, 1.807) is 13.0 Å². The summed E-state index contributed by atoms with van der Waals surface area (Å²) in [7, 11) is 0. The van der Waals surface area contributed by atoms with Gasteiger partial charge in [-0.3, -0.25) is 4.79 Å². The Hall–Kier alpha value is -0.830. The molecule has 12 atom stereocenters. The van der Waals surface area contributed by atoms with Gasteiger partial charge in [-0.1, -0.05) is 27.7 Å². The predicted octanol–water partition coefficient (Wildman–Crippen LogP) is 1.96. The summed E-state index contributed by atoms with van der Waals surface area (Å²) in [5, 5.41) is 65.3. The summed E-state index contributed by atoms with van der Waals surface area (Å²) in [4.78, 5) is 13.3. The number of carbonyl (C=O) groups is 1. The predicted molar refractivity (Wildman–Crippen MR) is 131 cm³/mol. The van der Waals surface area contributed by atoms with Crippen molar-refractivity contribution in [2.24, 2.45) is 40.4 Å². The lowest BCUT2D eigenvalue weighted by atomic mass is 9.45. The third-order valence-electron chi connectivity index (χ3n) is 11.4. The summed E-state index contributed by atoms with van der Waals surface area (Å²) in [6, 6.07) is 0. The van der Waals surface area contributed by atoms with Gasteiger partial charge >= 0.3 is 0 Å². The largest absolute Gasteiger partial charge is 0.396 e. The smallest absolute Gasteiger partial charge is 0.159 e. The molecule has 0 aromatic carbocycles. The molecule has 35 heavy (non-hydrogen) atoms. The van der Waals surface area contributed by atoms with Gasteiger partial charge in [-0.2, -0.15) is 0 Å². The fraction of sp³-hybridized carbons (Fsp3) is 0.893. The molecule has 7 heteroatoms. The van der Waals surface area contributed by atoms with Crippen molar-refractivity contribution >= 4 is 5.78 Å². The third-order valence-corrected chi connectivity index (χ3v) is 11.4. The summed E-state index contributed by atoms with van der Waals surface area (Å²) >= 11 is 0. The van der Waals surface area contributed by atoms with Crippen molar-refractivity contribution in [1.82, 2.24) is 0 Å². The van der Waals surface area contributed by atoms with Gasteiger partial charge in [0.15, 0.2) is 5.78 Å². The van der Waals surface area contributed by atoms with E-state index in [-0.39, 0.29) is 48.4 Å². The number of hydrogen-bond acceptors (Lipinski definition) is 7. The highest BCUT2D eigenvalue weighted by Gasteiger charge is 2.69. The van der Waals surface area contributed by atoms with E-state index in [9.17, 15) is 35.4 Å². The minimum Gasteiger partial charge on any atom is -0.396 e. The second kappa shape index (κ2) is 8.88. The van der Waals surface area contributed by atoms with Crippen LogP contribution in [0.3, 0.4) is 0 Å². The third kappa shape index (κ3) is 3.88. The molecule has 0 saturated heterocycles. The van der Waals surface area contributed by atoms with Gasteiger partial charge < -0.3 is 30.6 Å². The van der Waals surface area contributed by atoms with Gasteiger partial charge in [0.05, 0.1) is 29.5 Å². The highest BCUT2D eigenvalue weighted by Crippen LogP contribution is 2.68. The first kappa shape index (κ1) is 27.2. The summed E-state index contributed by atoms with van der Waals surface area (Å²) in [6.07, 6.45) is 2.00. The molecule has 6 N–H and O–H groups in total. The second-order valence-electron chi connectivity index (χ2n) is 13.2. The van der Waals surface area contributed by atoms with Crippen LogP contribution >= 0.6 is 0 Å². The Morgan fingerprint density at radius 1 is 1.09 bits per heavy atom. The fourth-order valence-electron chi connectivity index (χ4n) is 8.54. The zero-order chi connectivity index (χ0) is 26.1. The Kier molecular flexibility index (Phi) is 6.91.